The van der Waals surface area contributed by atoms with Crippen LogP contribution in [-0.4, -0.2) is 53.8 Å². The molecule has 0 aromatic carbocycles. The fourth-order valence-corrected chi connectivity index (χ4v) is 4.08. The van der Waals surface area contributed by atoms with Gasteiger partial charge < -0.3 is 9.47 Å². The van der Waals surface area contributed by atoms with Crippen LogP contribution in [0.15, 0.2) is 0 Å². The topological polar surface area (TPSA) is 21.7 Å². The highest BCUT2D eigenvalue weighted by Gasteiger charge is 2.55. The summed E-state index contributed by atoms with van der Waals surface area (Å²) < 4.78 is 12.4. The van der Waals surface area contributed by atoms with E-state index in [9.17, 15) is 0 Å². The zero-order valence-electron chi connectivity index (χ0n) is 13.3. The number of hydrogen-bond donors (Lipinski definition) is 0. The molecule has 0 atom stereocenters. The van der Waals surface area contributed by atoms with E-state index in [0.717, 1.165) is 12.8 Å². The Labute approximate surface area is 132 Å². The number of alkyl halides is 2. The second kappa shape index (κ2) is 5.27. The summed E-state index contributed by atoms with van der Waals surface area (Å²) in [5.41, 5.74) is -0.181. The first-order valence-electron chi connectivity index (χ1n) is 7.24. The Bertz CT molecular complexity index is 337. The van der Waals surface area contributed by atoms with Crippen LogP contribution in [0.1, 0.15) is 40.5 Å². The molecule has 2 aliphatic heterocycles. The van der Waals surface area contributed by atoms with Crippen molar-refractivity contribution in [1.82, 2.24) is 4.90 Å². The third kappa shape index (κ3) is 2.85. The molecule has 0 saturated carbocycles. The van der Waals surface area contributed by atoms with Gasteiger partial charge in [0.1, 0.15) is 0 Å². The molecule has 118 valence electrons. The second-order valence-corrected chi connectivity index (χ2v) is 8.33. The van der Waals surface area contributed by atoms with Crippen LogP contribution in [0.3, 0.4) is 0 Å². The van der Waals surface area contributed by atoms with Crippen LogP contribution >= 0.6 is 23.2 Å². The van der Waals surface area contributed by atoms with Gasteiger partial charge in [0, 0.05) is 41.1 Å². The van der Waals surface area contributed by atoms with Crippen molar-refractivity contribution in [3.05, 3.63) is 0 Å². The van der Waals surface area contributed by atoms with E-state index < -0.39 is 5.79 Å². The van der Waals surface area contributed by atoms with Crippen LogP contribution in [0.2, 0.25) is 0 Å². The van der Waals surface area contributed by atoms with Gasteiger partial charge in [-0.2, -0.15) is 0 Å². The van der Waals surface area contributed by atoms with Gasteiger partial charge in [0.05, 0.1) is 13.2 Å². The third-order valence-electron chi connectivity index (χ3n) is 5.07. The monoisotopic (exact) mass is 323 g/mol. The number of likely N-dealkylation sites (tertiary alicyclic amines) is 1. The fraction of sp³-hybridized carbons (Fsp3) is 1.00. The van der Waals surface area contributed by atoms with Gasteiger partial charge in [-0.15, -0.1) is 23.2 Å². The zero-order chi connectivity index (χ0) is 15.2. The first-order chi connectivity index (χ1) is 9.10. The average molecular weight is 324 g/mol. The summed E-state index contributed by atoms with van der Waals surface area (Å²) in [5.74, 6) is 0.444. The van der Waals surface area contributed by atoms with Crippen molar-refractivity contribution in [2.75, 3.05) is 32.0 Å². The Morgan fingerprint density at radius 1 is 0.900 bits per heavy atom. The number of piperidine rings is 1. The number of rotatable bonds is 2. The fourth-order valence-electron chi connectivity index (χ4n) is 3.48. The van der Waals surface area contributed by atoms with Crippen LogP contribution in [0.5, 0.6) is 0 Å². The summed E-state index contributed by atoms with van der Waals surface area (Å²) in [6.07, 6.45) is 1.72. The molecule has 0 N–H and O–H groups in total. The molecular formula is C15H27Cl2NO2. The van der Waals surface area contributed by atoms with E-state index in [1.165, 1.54) is 0 Å². The Morgan fingerprint density at radius 2 is 1.30 bits per heavy atom. The van der Waals surface area contributed by atoms with Crippen molar-refractivity contribution >= 4 is 23.2 Å². The van der Waals surface area contributed by atoms with Crippen molar-refractivity contribution < 1.29 is 9.47 Å². The lowest BCUT2D eigenvalue weighted by atomic mass is 9.75. The minimum atomic E-state index is -0.499. The number of halogens is 2. The summed E-state index contributed by atoms with van der Waals surface area (Å²) >= 11 is 12.1. The summed E-state index contributed by atoms with van der Waals surface area (Å²) in [6.45, 7) is 10.1. The summed E-state index contributed by atoms with van der Waals surface area (Å²) in [7, 11) is 2.18. The molecule has 2 heterocycles. The number of ether oxygens (including phenoxy) is 2. The van der Waals surface area contributed by atoms with E-state index >= 15 is 0 Å². The lowest BCUT2D eigenvalue weighted by Gasteiger charge is -2.59. The highest BCUT2D eigenvalue weighted by Crippen LogP contribution is 2.48. The van der Waals surface area contributed by atoms with E-state index in [2.05, 4.69) is 39.6 Å². The maximum atomic E-state index is 6.21. The summed E-state index contributed by atoms with van der Waals surface area (Å²) in [6, 6.07) is 0. The lowest BCUT2D eigenvalue weighted by molar-refractivity contribution is -0.336. The predicted octanol–water partition coefficient (Wildman–Crippen LogP) is 3.48. The van der Waals surface area contributed by atoms with Crippen molar-refractivity contribution in [3.63, 3.8) is 0 Å². The van der Waals surface area contributed by atoms with E-state index in [4.69, 9.17) is 32.7 Å². The molecule has 0 aromatic heterocycles. The van der Waals surface area contributed by atoms with Gasteiger partial charge in [-0.1, -0.05) is 0 Å². The van der Waals surface area contributed by atoms with E-state index in [0.29, 0.717) is 25.0 Å². The zero-order valence-corrected chi connectivity index (χ0v) is 14.8. The number of nitrogens with zero attached hydrogens (tertiary/aromatic N) is 1. The smallest absolute Gasteiger partial charge is 0.171 e. The van der Waals surface area contributed by atoms with Gasteiger partial charge >= 0.3 is 0 Å². The lowest BCUT2D eigenvalue weighted by Crippen LogP contribution is -2.67. The molecule has 5 heteroatoms. The first-order valence-corrected chi connectivity index (χ1v) is 8.31. The molecule has 0 unspecified atom stereocenters. The highest BCUT2D eigenvalue weighted by atomic mass is 35.5. The Morgan fingerprint density at radius 3 is 1.65 bits per heavy atom. The van der Waals surface area contributed by atoms with Crippen LogP contribution in [0, 0.1) is 5.41 Å². The quantitative estimate of drug-likeness (QED) is 0.726. The Kier molecular flexibility index (Phi) is 4.44. The van der Waals surface area contributed by atoms with E-state index in [1.54, 1.807) is 0 Å². The predicted molar refractivity (Wildman–Crippen MR) is 83.7 cm³/mol. The van der Waals surface area contributed by atoms with Gasteiger partial charge in [0.15, 0.2) is 5.79 Å². The molecule has 0 amide bonds. The van der Waals surface area contributed by atoms with Gasteiger partial charge in [-0.05, 0) is 34.7 Å². The van der Waals surface area contributed by atoms with Crippen LogP contribution in [-0.2, 0) is 9.47 Å². The molecule has 20 heavy (non-hydrogen) atoms. The van der Waals surface area contributed by atoms with Gasteiger partial charge in [0.2, 0.25) is 0 Å². The molecule has 3 nitrogen and oxygen atoms in total. The highest BCUT2D eigenvalue weighted by molar-refractivity contribution is 6.21. The van der Waals surface area contributed by atoms with Gasteiger partial charge in [-0.3, -0.25) is 4.90 Å². The molecule has 1 spiro atoms. The van der Waals surface area contributed by atoms with Crippen molar-refractivity contribution in [2.45, 2.75) is 57.4 Å². The molecule has 2 aliphatic rings. The van der Waals surface area contributed by atoms with E-state index in [1.807, 2.05) is 0 Å². The molecule has 2 saturated heterocycles. The standard InChI is InChI=1S/C15H27Cl2NO2/c1-12(2)6-15(7-13(3,4)18(12)5)19-10-14(8-16,9-17)11-20-15/h6-11H2,1-5H3. The second-order valence-electron chi connectivity index (χ2n) is 7.79. The molecule has 0 aromatic rings. The molecule has 0 aliphatic carbocycles. The Hall–Kier alpha value is 0.460. The maximum Gasteiger partial charge on any atom is 0.171 e. The van der Waals surface area contributed by atoms with E-state index in [-0.39, 0.29) is 16.5 Å². The number of hydrogen-bond acceptors (Lipinski definition) is 3. The van der Waals surface area contributed by atoms with Gasteiger partial charge in [0.25, 0.3) is 0 Å². The summed E-state index contributed by atoms with van der Waals surface area (Å²) in [5, 5.41) is 0. The maximum absolute atomic E-state index is 6.21. The molecule has 2 rings (SSSR count). The summed E-state index contributed by atoms with van der Waals surface area (Å²) in [4.78, 5) is 2.42. The van der Waals surface area contributed by atoms with Crippen LogP contribution < -0.4 is 0 Å². The first kappa shape index (κ1) is 16.8. The molecule has 0 radical (unpaired) electrons. The van der Waals surface area contributed by atoms with Crippen LogP contribution in [0.4, 0.5) is 0 Å². The third-order valence-corrected chi connectivity index (χ3v) is 6.20. The van der Waals surface area contributed by atoms with Crippen molar-refractivity contribution in [3.8, 4) is 0 Å². The molecular weight excluding hydrogens is 297 g/mol. The molecule has 0 bridgehead atoms. The van der Waals surface area contributed by atoms with Crippen LogP contribution in [0.25, 0.3) is 0 Å². The molecule has 2 fully saturated rings. The van der Waals surface area contributed by atoms with Crippen molar-refractivity contribution in [2.24, 2.45) is 5.41 Å². The van der Waals surface area contributed by atoms with Crippen molar-refractivity contribution in [1.29, 1.82) is 0 Å². The Balaban J connectivity index is 2.18. The minimum Gasteiger partial charge on any atom is -0.349 e. The van der Waals surface area contributed by atoms with Gasteiger partial charge in [-0.25, -0.2) is 0 Å². The SMILES string of the molecule is CN1C(C)(C)CC2(CC1(C)C)OCC(CCl)(CCl)CO2. The normalized spacial score (nSPS) is 31.4. The average Bonchev–Trinajstić information content (AvgIpc) is 2.37. The minimum absolute atomic E-state index is 0.0314. The largest absolute Gasteiger partial charge is 0.349 e.